The summed E-state index contributed by atoms with van der Waals surface area (Å²) in [6, 6.07) is 12.0. The minimum atomic E-state index is -0.164. The summed E-state index contributed by atoms with van der Waals surface area (Å²) in [6.07, 6.45) is 2.46. The SMILES string of the molecule is COc1nccc(NC(=O)N2CC[C@@H](Nc3ccccc3)C2)n1. The summed E-state index contributed by atoms with van der Waals surface area (Å²) in [5, 5.41) is 6.21. The van der Waals surface area contributed by atoms with Crippen LogP contribution in [-0.2, 0) is 0 Å². The summed E-state index contributed by atoms with van der Waals surface area (Å²) < 4.78 is 4.95. The average Bonchev–Trinajstić information content (AvgIpc) is 3.04. The molecule has 1 atom stereocenters. The van der Waals surface area contributed by atoms with Crippen molar-refractivity contribution in [1.29, 1.82) is 0 Å². The van der Waals surface area contributed by atoms with Crippen LogP contribution in [0, 0.1) is 0 Å². The molecule has 7 nitrogen and oxygen atoms in total. The monoisotopic (exact) mass is 313 g/mol. The Balaban J connectivity index is 1.55. The van der Waals surface area contributed by atoms with Crippen molar-refractivity contribution in [2.45, 2.75) is 12.5 Å². The number of rotatable bonds is 4. The molecule has 0 saturated carbocycles. The first-order valence-corrected chi connectivity index (χ1v) is 7.49. The number of methoxy groups -OCH3 is 1. The summed E-state index contributed by atoms with van der Waals surface area (Å²) in [4.78, 5) is 22.1. The standard InChI is InChI=1S/C16H19N5O2/c1-23-15-17-9-7-14(19-15)20-16(22)21-10-8-13(11-21)18-12-5-3-2-4-6-12/h2-7,9,13,18H,8,10-11H2,1H3,(H,17,19,20,22)/t13-/m1/s1. The van der Waals surface area contributed by atoms with Crippen LogP contribution in [0.2, 0.25) is 0 Å². The average molecular weight is 313 g/mol. The van der Waals surface area contributed by atoms with Crippen molar-refractivity contribution in [2.75, 3.05) is 30.8 Å². The van der Waals surface area contributed by atoms with Gasteiger partial charge in [0.1, 0.15) is 5.82 Å². The van der Waals surface area contributed by atoms with E-state index in [0.717, 1.165) is 12.1 Å². The number of ether oxygens (including phenoxy) is 1. The number of likely N-dealkylation sites (tertiary alicyclic amines) is 1. The van der Waals surface area contributed by atoms with E-state index in [1.54, 1.807) is 17.2 Å². The number of benzene rings is 1. The maximum Gasteiger partial charge on any atom is 0.323 e. The Labute approximate surface area is 134 Å². The number of aromatic nitrogens is 2. The van der Waals surface area contributed by atoms with Crippen LogP contribution in [0.1, 0.15) is 6.42 Å². The van der Waals surface area contributed by atoms with Crippen LogP contribution < -0.4 is 15.4 Å². The number of amides is 2. The molecule has 120 valence electrons. The van der Waals surface area contributed by atoms with Gasteiger partial charge in [0, 0.05) is 31.0 Å². The maximum atomic E-state index is 12.3. The second kappa shape index (κ2) is 6.95. The van der Waals surface area contributed by atoms with Crippen molar-refractivity contribution in [3.63, 3.8) is 0 Å². The molecule has 7 heteroatoms. The normalized spacial score (nSPS) is 16.9. The van der Waals surface area contributed by atoms with E-state index in [1.807, 2.05) is 30.3 Å². The van der Waals surface area contributed by atoms with Gasteiger partial charge in [-0.3, -0.25) is 5.32 Å². The molecule has 2 heterocycles. The summed E-state index contributed by atoms with van der Waals surface area (Å²) in [6.45, 7) is 1.36. The van der Waals surface area contributed by atoms with Crippen LogP contribution in [-0.4, -0.2) is 47.1 Å². The Kier molecular flexibility index (Phi) is 4.56. The molecule has 2 aromatic rings. The fourth-order valence-corrected chi connectivity index (χ4v) is 2.53. The zero-order chi connectivity index (χ0) is 16.1. The molecule has 2 N–H and O–H groups in total. The highest BCUT2D eigenvalue weighted by Crippen LogP contribution is 2.17. The lowest BCUT2D eigenvalue weighted by Crippen LogP contribution is -2.35. The highest BCUT2D eigenvalue weighted by Gasteiger charge is 2.26. The molecular weight excluding hydrogens is 294 g/mol. The van der Waals surface area contributed by atoms with Crippen molar-refractivity contribution < 1.29 is 9.53 Å². The fraction of sp³-hybridized carbons (Fsp3) is 0.312. The predicted molar refractivity (Wildman–Crippen MR) is 87.6 cm³/mol. The van der Waals surface area contributed by atoms with Gasteiger partial charge in [-0.1, -0.05) is 18.2 Å². The van der Waals surface area contributed by atoms with Crippen molar-refractivity contribution >= 4 is 17.5 Å². The number of hydrogen-bond acceptors (Lipinski definition) is 5. The van der Waals surface area contributed by atoms with Gasteiger partial charge in [-0.15, -0.1) is 0 Å². The van der Waals surface area contributed by atoms with Crippen LogP contribution in [0.4, 0.5) is 16.3 Å². The number of anilines is 2. The van der Waals surface area contributed by atoms with Crippen molar-refractivity contribution in [3.05, 3.63) is 42.6 Å². The summed E-state index contributed by atoms with van der Waals surface area (Å²) in [7, 11) is 1.49. The minimum Gasteiger partial charge on any atom is -0.467 e. The summed E-state index contributed by atoms with van der Waals surface area (Å²) in [5.74, 6) is 0.432. The summed E-state index contributed by atoms with van der Waals surface area (Å²) in [5.41, 5.74) is 1.07. The molecule has 0 bridgehead atoms. The lowest BCUT2D eigenvalue weighted by atomic mass is 10.2. The van der Waals surface area contributed by atoms with E-state index >= 15 is 0 Å². The number of nitrogens with zero attached hydrogens (tertiary/aromatic N) is 3. The van der Waals surface area contributed by atoms with Crippen LogP contribution in [0.3, 0.4) is 0 Å². The largest absolute Gasteiger partial charge is 0.467 e. The Bertz CT molecular complexity index is 665. The molecule has 0 spiro atoms. The lowest BCUT2D eigenvalue weighted by molar-refractivity contribution is 0.222. The zero-order valence-electron chi connectivity index (χ0n) is 12.9. The van der Waals surface area contributed by atoms with Gasteiger partial charge < -0.3 is 15.0 Å². The molecule has 1 fully saturated rings. The molecule has 1 aromatic carbocycles. The molecule has 0 radical (unpaired) electrons. The molecular formula is C16H19N5O2. The van der Waals surface area contributed by atoms with Gasteiger partial charge in [-0.05, 0) is 24.6 Å². The van der Waals surface area contributed by atoms with E-state index in [0.29, 0.717) is 18.9 Å². The topological polar surface area (TPSA) is 79.4 Å². The van der Waals surface area contributed by atoms with Gasteiger partial charge in [0.25, 0.3) is 0 Å². The Hall–Kier alpha value is -2.83. The van der Waals surface area contributed by atoms with E-state index in [1.165, 1.54) is 7.11 Å². The van der Waals surface area contributed by atoms with Crippen molar-refractivity contribution in [3.8, 4) is 6.01 Å². The zero-order valence-corrected chi connectivity index (χ0v) is 12.9. The molecule has 1 aliphatic rings. The molecule has 1 aliphatic heterocycles. The van der Waals surface area contributed by atoms with Crippen LogP contribution in [0.25, 0.3) is 0 Å². The molecule has 23 heavy (non-hydrogen) atoms. The van der Waals surface area contributed by atoms with Gasteiger partial charge >= 0.3 is 12.0 Å². The third-order valence-corrected chi connectivity index (χ3v) is 3.67. The molecule has 2 amide bonds. The molecule has 3 rings (SSSR count). The third kappa shape index (κ3) is 3.88. The summed E-state index contributed by atoms with van der Waals surface area (Å²) >= 11 is 0. The molecule has 1 aromatic heterocycles. The molecule has 0 aliphatic carbocycles. The first kappa shape index (κ1) is 15.1. The number of nitrogens with one attached hydrogen (secondary N) is 2. The van der Waals surface area contributed by atoms with Crippen molar-refractivity contribution in [1.82, 2.24) is 14.9 Å². The van der Waals surface area contributed by atoms with Gasteiger partial charge in [-0.2, -0.15) is 4.98 Å². The van der Waals surface area contributed by atoms with E-state index in [2.05, 4.69) is 20.6 Å². The number of para-hydroxylation sites is 1. The minimum absolute atomic E-state index is 0.164. The quantitative estimate of drug-likeness (QED) is 0.904. The van der Waals surface area contributed by atoms with Gasteiger partial charge in [-0.25, -0.2) is 9.78 Å². The van der Waals surface area contributed by atoms with Crippen LogP contribution >= 0.6 is 0 Å². The first-order chi connectivity index (χ1) is 11.2. The predicted octanol–water partition coefficient (Wildman–Crippen LogP) is 2.20. The number of carbonyl (C=O) groups excluding carboxylic acids is 1. The first-order valence-electron chi connectivity index (χ1n) is 7.49. The second-order valence-electron chi connectivity index (χ2n) is 5.30. The molecule has 1 saturated heterocycles. The van der Waals surface area contributed by atoms with Gasteiger partial charge in [0.2, 0.25) is 0 Å². The highest BCUT2D eigenvalue weighted by atomic mass is 16.5. The second-order valence-corrected chi connectivity index (χ2v) is 5.30. The number of carbonyl (C=O) groups is 1. The van der Waals surface area contributed by atoms with Crippen LogP contribution in [0.5, 0.6) is 6.01 Å². The van der Waals surface area contributed by atoms with E-state index in [-0.39, 0.29) is 18.1 Å². The van der Waals surface area contributed by atoms with E-state index in [4.69, 9.17) is 4.74 Å². The van der Waals surface area contributed by atoms with Gasteiger partial charge in [0.05, 0.1) is 7.11 Å². The van der Waals surface area contributed by atoms with Crippen molar-refractivity contribution in [2.24, 2.45) is 0 Å². The number of hydrogen-bond donors (Lipinski definition) is 2. The number of urea groups is 1. The molecule has 0 unspecified atom stereocenters. The Morgan fingerprint density at radius 1 is 1.30 bits per heavy atom. The highest BCUT2D eigenvalue weighted by molar-refractivity contribution is 5.88. The van der Waals surface area contributed by atoms with Gasteiger partial charge in [0.15, 0.2) is 0 Å². The van der Waals surface area contributed by atoms with E-state index in [9.17, 15) is 4.79 Å². The van der Waals surface area contributed by atoms with Crippen LogP contribution in [0.15, 0.2) is 42.6 Å². The lowest BCUT2D eigenvalue weighted by Gasteiger charge is -2.18. The third-order valence-electron chi connectivity index (χ3n) is 3.67. The smallest absolute Gasteiger partial charge is 0.323 e. The Morgan fingerprint density at radius 2 is 2.13 bits per heavy atom. The van der Waals surface area contributed by atoms with E-state index < -0.39 is 0 Å². The fourth-order valence-electron chi connectivity index (χ4n) is 2.53. The Morgan fingerprint density at radius 3 is 2.91 bits per heavy atom. The maximum absolute atomic E-state index is 12.3.